The largest absolute Gasteiger partial charge is 0.490 e. The summed E-state index contributed by atoms with van der Waals surface area (Å²) in [4.78, 5) is 0. The minimum atomic E-state index is -0.795. The van der Waals surface area contributed by atoms with E-state index in [2.05, 4.69) is 18.3 Å². The van der Waals surface area contributed by atoms with E-state index in [9.17, 15) is 4.21 Å². The zero-order valence-corrected chi connectivity index (χ0v) is 13.2. The zero-order chi connectivity index (χ0) is 14.5. The Morgan fingerprint density at radius 3 is 2.65 bits per heavy atom. The standard InChI is InChI=1S/C15H23NO3S/c1-11(20(3)17)10-16-12(2)13-5-6-14-15(9-13)19-8-4-7-18-14/h5-6,9,11-12,16H,4,7-8,10H2,1-3H3. The van der Waals surface area contributed by atoms with Gasteiger partial charge in [0, 0.05) is 41.3 Å². The smallest absolute Gasteiger partial charge is 0.161 e. The van der Waals surface area contributed by atoms with Crippen LogP contribution in [0, 0.1) is 0 Å². The highest BCUT2D eigenvalue weighted by Gasteiger charge is 2.14. The molecule has 0 saturated heterocycles. The van der Waals surface area contributed by atoms with Crippen LogP contribution in [0.1, 0.15) is 31.9 Å². The van der Waals surface area contributed by atoms with Crippen molar-refractivity contribution in [3.8, 4) is 11.5 Å². The van der Waals surface area contributed by atoms with E-state index in [0.29, 0.717) is 13.2 Å². The van der Waals surface area contributed by atoms with Crippen LogP contribution in [0.3, 0.4) is 0 Å². The third kappa shape index (κ3) is 3.96. The van der Waals surface area contributed by atoms with Crippen molar-refractivity contribution < 1.29 is 13.7 Å². The van der Waals surface area contributed by atoms with Gasteiger partial charge in [0.25, 0.3) is 0 Å². The third-order valence-electron chi connectivity index (χ3n) is 3.55. The quantitative estimate of drug-likeness (QED) is 0.905. The molecule has 0 amide bonds. The molecule has 0 saturated carbocycles. The summed E-state index contributed by atoms with van der Waals surface area (Å²) in [6, 6.07) is 6.25. The molecule has 5 heteroatoms. The Bertz CT molecular complexity index is 478. The number of rotatable bonds is 5. The van der Waals surface area contributed by atoms with Crippen molar-refractivity contribution in [2.24, 2.45) is 0 Å². The summed E-state index contributed by atoms with van der Waals surface area (Å²) in [5.41, 5.74) is 1.16. The molecule has 0 radical (unpaired) electrons. The van der Waals surface area contributed by atoms with Crippen molar-refractivity contribution in [3.63, 3.8) is 0 Å². The average Bonchev–Trinajstić information content (AvgIpc) is 2.68. The normalized spacial score (nSPS) is 18.9. The van der Waals surface area contributed by atoms with Crippen LogP contribution in [-0.2, 0) is 10.8 Å². The van der Waals surface area contributed by atoms with Gasteiger partial charge in [0.1, 0.15) is 0 Å². The minimum Gasteiger partial charge on any atom is -0.490 e. The number of nitrogens with one attached hydrogen (secondary N) is 1. The predicted octanol–water partition coefficient (Wildman–Crippen LogP) is 2.27. The lowest BCUT2D eigenvalue weighted by molar-refractivity contribution is 0.297. The number of benzene rings is 1. The summed E-state index contributed by atoms with van der Waals surface area (Å²) in [6.07, 6.45) is 2.65. The Kier molecular flexibility index (Phi) is 5.43. The van der Waals surface area contributed by atoms with Gasteiger partial charge in [-0.25, -0.2) is 0 Å². The maximum absolute atomic E-state index is 11.4. The Labute approximate surface area is 123 Å². The lowest BCUT2D eigenvalue weighted by atomic mass is 10.1. The van der Waals surface area contributed by atoms with Gasteiger partial charge in [0.2, 0.25) is 0 Å². The second kappa shape index (κ2) is 7.09. The van der Waals surface area contributed by atoms with Gasteiger partial charge in [-0.2, -0.15) is 0 Å². The van der Waals surface area contributed by atoms with Crippen LogP contribution in [-0.4, -0.2) is 35.5 Å². The van der Waals surface area contributed by atoms with Crippen molar-refractivity contribution in [2.75, 3.05) is 26.0 Å². The van der Waals surface area contributed by atoms with Gasteiger partial charge in [0.15, 0.2) is 11.5 Å². The maximum Gasteiger partial charge on any atom is 0.161 e. The van der Waals surface area contributed by atoms with Crippen LogP contribution >= 0.6 is 0 Å². The first-order valence-corrected chi connectivity index (χ1v) is 8.65. The number of hydrogen-bond acceptors (Lipinski definition) is 4. The molecule has 112 valence electrons. The van der Waals surface area contributed by atoms with Crippen molar-refractivity contribution in [2.45, 2.75) is 31.6 Å². The molecule has 3 unspecified atom stereocenters. The van der Waals surface area contributed by atoms with Gasteiger partial charge in [-0.1, -0.05) is 6.07 Å². The molecule has 0 aliphatic carbocycles. The number of ether oxygens (including phenoxy) is 2. The van der Waals surface area contributed by atoms with Crippen molar-refractivity contribution in [1.29, 1.82) is 0 Å². The maximum atomic E-state index is 11.4. The summed E-state index contributed by atoms with van der Waals surface area (Å²) in [5, 5.41) is 3.56. The van der Waals surface area contributed by atoms with Crippen molar-refractivity contribution in [3.05, 3.63) is 23.8 Å². The van der Waals surface area contributed by atoms with Gasteiger partial charge >= 0.3 is 0 Å². The molecule has 0 bridgehead atoms. The zero-order valence-electron chi connectivity index (χ0n) is 12.3. The summed E-state index contributed by atoms with van der Waals surface area (Å²) in [7, 11) is -0.795. The Morgan fingerprint density at radius 2 is 1.95 bits per heavy atom. The van der Waals surface area contributed by atoms with Gasteiger partial charge in [-0.15, -0.1) is 0 Å². The number of fused-ring (bicyclic) bond motifs is 1. The van der Waals surface area contributed by atoms with Crippen LogP contribution < -0.4 is 14.8 Å². The molecular formula is C15H23NO3S. The van der Waals surface area contributed by atoms with Crippen LogP contribution in [0.5, 0.6) is 11.5 Å². The van der Waals surface area contributed by atoms with Gasteiger partial charge in [0.05, 0.1) is 13.2 Å². The molecule has 1 N–H and O–H groups in total. The molecule has 2 rings (SSSR count). The average molecular weight is 297 g/mol. The van der Waals surface area contributed by atoms with Gasteiger partial charge < -0.3 is 14.8 Å². The molecule has 4 nitrogen and oxygen atoms in total. The third-order valence-corrected chi connectivity index (χ3v) is 4.85. The first-order valence-electron chi connectivity index (χ1n) is 7.03. The fourth-order valence-corrected chi connectivity index (χ4v) is 2.36. The molecule has 0 fully saturated rings. The first kappa shape index (κ1) is 15.3. The molecule has 1 aromatic rings. The van der Waals surface area contributed by atoms with Crippen LogP contribution in [0.15, 0.2) is 18.2 Å². The van der Waals surface area contributed by atoms with E-state index in [4.69, 9.17) is 9.47 Å². The number of hydrogen-bond donors (Lipinski definition) is 1. The summed E-state index contributed by atoms with van der Waals surface area (Å²) in [6.45, 7) is 6.23. The van der Waals surface area contributed by atoms with Crippen molar-refractivity contribution in [1.82, 2.24) is 5.32 Å². The van der Waals surface area contributed by atoms with Crippen LogP contribution in [0.25, 0.3) is 0 Å². The second-order valence-electron chi connectivity index (χ2n) is 5.20. The van der Waals surface area contributed by atoms with Crippen molar-refractivity contribution >= 4 is 10.8 Å². The highest BCUT2D eigenvalue weighted by atomic mass is 32.2. The highest BCUT2D eigenvalue weighted by molar-refractivity contribution is 7.84. The lowest BCUT2D eigenvalue weighted by Gasteiger charge is -2.18. The van der Waals surface area contributed by atoms with Crippen LogP contribution in [0.4, 0.5) is 0 Å². The summed E-state index contributed by atoms with van der Waals surface area (Å²) >= 11 is 0. The fourth-order valence-electron chi connectivity index (χ4n) is 2.03. The molecule has 1 aliphatic heterocycles. The molecule has 1 aliphatic rings. The van der Waals surface area contributed by atoms with E-state index in [1.54, 1.807) is 6.26 Å². The topological polar surface area (TPSA) is 47.6 Å². The van der Waals surface area contributed by atoms with E-state index >= 15 is 0 Å². The predicted molar refractivity (Wildman–Crippen MR) is 82.0 cm³/mol. The van der Waals surface area contributed by atoms with E-state index in [1.807, 2.05) is 19.1 Å². The molecule has 1 heterocycles. The monoisotopic (exact) mass is 297 g/mol. The minimum absolute atomic E-state index is 0.151. The molecule has 0 aromatic heterocycles. The Morgan fingerprint density at radius 1 is 1.25 bits per heavy atom. The second-order valence-corrected chi connectivity index (χ2v) is 7.00. The van der Waals surface area contributed by atoms with E-state index in [0.717, 1.165) is 30.0 Å². The first-order chi connectivity index (χ1) is 9.58. The highest BCUT2D eigenvalue weighted by Crippen LogP contribution is 2.32. The fraction of sp³-hybridized carbons (Fsp3) is 0.600. The lowest BCUT2D eigenvalue weighted by Crippen LogP contribution is -2.29. The van der Waals surface area contributed by atoms with Crippen LogP contribution in [0.2, 0.25) is 0 Å². The molecule has 3 atom stereocenters. The Balaban J connectivity index is 2.01. The van der Waals surface area contributed by atoms with Gasteiger partial charge in [-0.3, -0.25) is 4.21 Å². The molecular weight excluding hydrogens is 274 g/mol. The SMILES string of the molecule is CC(NCC(C)S(C)=O)c1ccc2c(c1)OCCCO2. The summed E-state index contributed by atoms with van der Waals surface area (Å²) in [5.74, 6) is 1.64. The van der Waals surface area contributed by atoms with E-state index in [1.165, 1.54) is 0 Å². The molecule has 0 spiro atoms. The molecule has 1 aromatic carbocycles. The molecule has 20 heavy (non-hydrogen) atoms. The summed E-state index contributed by atoms with van der Waals surface area (Å²) < 4.78 is 22.7. The Hall–Kier alpha value is -1.07. The van der Waals surface area contributed by atoms with Gasteiger partial charge in [-0.05, 0) is 31.5 Å². The van der Waals surface area contributed by atoms with E-state index < -0.39 is 10.8 Å². The van der Waals surface area contributed by atoms with E-state index in [-0.39, 0.29) is 11.3 Å².